The fourth-order valence-corrected chi connectivity index (χ4v) is 5.36. The average Bonchev–Trinajstić information content (AvgIpc) is 3.45. The van der Waals surface area contributed by atoms with E-state index in [2.05, 4.69) is 64.3 Å². The van der Waals surface area contributed by atoms with Crippen molar-refractivity contribution in [3.8, 4) is 22.5 Å². The number of aromatic nitrogens is 4. The highest BCUT2D eigenvalue weighted by Crippen LogP contribution is 2.40. The lowest BCUT2D eigenvalue weighted by Gasteiger charge is -2.10. The molecule has 0 N–H and O–H groups in total. The number of benzene rings is 2. The third kappa shape index (κ3) is 3.49. The highest BCUT2D eigenvalue weighted by molar-refractivity contribution is 7.98. The van der Waals surface area contributed by atoms with E-state index in [1.807, 2.05) is 42.4 Å². The quantitative estimate of drug-likeness (QED) is 0.300. The summed E-state index contributed by atoms with van der Waals surface area (Å²) in [6.45, 7) is 0.971. The van der Waals surface area contributed by atoms with Gasteiger partial charge in [-0.1, -0.05) is 42.5 Å². The number of aryl methyl sites for hydroxylation is 1. The van der Waals surface area contributed by atoms with Gasteiger partial charge in [-0.25, -0.2) is 0 Å². The van der Waals surface area contributed by atoms with Crippen LogP contribution in [0, 0.1) is 0 Å². The molecule has 5 aromatic rings. The normalized spacial score (nSPS) is 12.9. The summed E-state index contributed by atoms with van der Waals surface area (Å²) in [6, 6.07) is 25.4. The Bertz CT molecular complexity index is 1390. The second-order valence-corrected chi connectivity index (χ2v) is 9.07. The SMILES string of the molecule is c1ccc(CSc2ccc3c(-c4c(-c5ccccn5)nn5c4CCC5)ccnc3c2)cc1. The van der Waals surface area contributed by atoms with E-state index in [4.69, 9.17) is 10.1 Å². The first kappa shape index (κ1) is 19.3. The summed E-state index contributed by atoms with van der Waals surface area (Å²) in [4.78, 5) is 10.5. The molecule has 6 rings (SSSR count). The van der Waals surface area contributed by atoms with E-state index in [-0.39, 0.29) is 0 Å². The van der Waals surface area contributed by atoms with Gasteiger partial charge in [0.25, 0.3) is 0 Å². The number of nitrogens with zero attached hydrogens (tertiary/aromatic N) is 4. The molecule has 32 heavy (non-hydrogen) atoms. The van der Waals surface area contributed by atoms with Gasteiger partial charge < -0.3 is 0 Å². The fourth-order valence-electron chi connectivity index (χ4n) is 4.47. The van der Waals surface area contributed by atoms with Crippen LogP contribution in [0.5, 0.6) is 0 Å². The molecule has 0 saturated heterocycles. The van der Waals surface area contributed by atoms with Crippen LogP contribution in [0.2, 0.25) is 0 Å². The summed E-state index contributed by atoms with van der Waals surface area (Å²) in [5.74, 6) is 0.951. The number of hydrogen-bond acceptors (Lipinski definition) is 4. The lowest BCUT2D eigenvalue weighted by atomic mass is 9.97. The zero-order chi connectivity index (χ0) is 21.3. The maximum absolute atomic E-state index is 4.95. The highest BCUT2D eigenvalue weighted by Gasteiger charge is 2.25. The lowest BCUT2D eigenvalue weighted by molar-refractivity contribution is 0.658. The number of hydrogen-bond donors (Lipinski definition) is 0. The molecule has 0 fully saturated rings. The van der Waals surface area contributed by atoms with Crippen LogP contribution in [0.25, 0.3) is 33.4 Å². The Labute approximate surface area is 191 Å². The molecule has 0 saturated carbocycles. The minimum atomic E-state index is 0.921. The van der Waals surface area contributed by atoms with Crippen LogP contribution in [-0.4, -0.2) is 19.7 Å². The van der Waals surface area contributed by atoms with Crippen molar-refractivity contribution >= 4 is 22.7 Å². The molecule has 0 amide bonds. The van der Waals surface area contributed by atoms with Crippen LogP contribution in [0.15, 0.2) is 90.1 Å². The van der Waals surface area contributed by atoms with Crippen molar-refractivity contribution < 1.29 is 0 Å². The van der Waals surface area contributed by atoms with Crippen molar-refractivity contribution in [3.05, 3.63) is 96.4 Å². The van der Waals surface area contributed by atoms with Crippen molar-refractivity contribution in [2.45, 2.75) is 30.0 Å². The maximum atomic E-state index is 4.95. The average molecular weight is 435 g/mol. The summed E-state index contributed by atoms with van der Waals surface area (Å²) in [6.07, 6.45) is 5.94. The van der Waals surface area contributed by atoms with Gasteiger partial charge >= 0.3 is 0 Å². The van der Waals surface area contributed by atoms with E-state index in [1.165, 1.54) is 27.3 Å². The number of thioether (sulfide) groups is 1. The molecule has 0 atom stereocenters. The van der Waals surface area contributed by atoms with Gasteiger partial charge in [-0.05, 0) is 54.3 Å². The van der Waals surface area contributed by atoms with Crippen LogP contribution in [0.3, 0.4) is 0 Å². The molecule has 3 aromatic heterocycles. The van der Waals surface area contributed by atoms with Crippen LogP contribution >= 0.6 is 11.8 Å². The first-order chi connectivity index (χ1) is 15.9. The molecule has 4 nitrogen and oxygen atoms in total. The number of rotatable bonds is 5. The monoisotopic (exact) mass is 434 g/mol. The summed E-state index contributed by atoms with van der Waals surface area (Å²) >= 11 is 1.85. The number of pyridine rings is 2. The van der Waals surface area contributed by atoms with E-state index in [0.717, 1.165) is 47.4 Å². The van der Waals surface area contributed by atoms with Gasteiger partial charge in [0.15, 0.2) is 0 Å². The second kappa shape index (κ2) is 8.24. The predicted octanol–water partition coefficient (Wildman–Crippen LogP) is 6.40. The van der Waals surface area contributed by atoms with Crippen LogP contribution in [-0.2, 0) is 18.7 Å². The van der Waals surface area contributed by atoms with Gasteiger partial charge in [-0.15, -0.1) is 11.8 Å². The highest BCUT2D eigenvalue weighted by atomic mass is 32.2. The Morgan fingerprint density at radius 2 is 1.78 bits per heavy atom. The zero-order valence-electron chi connectivity index (χ0n) is 17.6. The molecule has 1 aliphatic heterocycles. The lowest BCUT2D eigenvalue weighted by Crippen LogP contribution is -1.94. The molecule has 0 bridgehead atoms. The van der Waals surface area contributed by atoms with Crippen LogP contribution in [0.1, 0.15) is 17.7 Å². The van der Waals surface area contributed by atoms with Gasteiger partial charge in [0.1, 0.15) is 5.69 Å². The van der Waals surface area contributed by atoms with Crippen molar-refractivity contribution in [1.29, 1.82) is 0 Å². The van der Waals surface area contributed by atoms with Crippen LogP contribution in [0.4, 0.5) is 0 Å². The molecule has 5 heteroatoms. The molecular formula is C27H22N4S. The molecule has 2 aromatic carbocycles. The van der Waals surface area contributed by atoms with E-state index < -0.39 is 0 Å². The predicted molar refractivity (Wildman–Crippen MR) is 131 cm³/mol. The second-order valence-electron chi connectivity index (χ2n) is 8.02. The summed E-state index contributed by atoms with van der Waals surface area (Å²) in [5, 5.41) is 6.12. The largest absolute Gasteiger partial charge is 0.268 e. The summed E-state index contributed by atoms with van der Waals surface area (Å²) in [5.41, 5.74) is 7.94. The topological polar surface area (TPSA) is 43.6 Å². The van der Waals surface area contributed by atoms with Crippen molar-refractivity contribution in [2.75, 3.05) is 0 Å². The van der Waals surface area contributed by atoms with Crippen LogP contribution < -0.4 is 0 Å². The molecular weight excluding hydrogens is 412 g/mol. The van der Waals surface area contributed by atoms with E-state index in [1.54, 1.807) is 0 Å². The minimum Gasteiger partial charge on any atom is -0.268 e. The Morgan fingerprint density at radius 3 is 2.66 bits per heavy atom. The van der Waals surface area contributed by atoms with Crippen molar-refractivity contribution in [2.24, 2.45) is 0 Å². The molecule has 0 spiro atoms. The molecule has 156 valence electrons. The summed E-state index contributed by atoms with van der Waals surface area (Å²) in [7, 11) is 0. The van der Waals surface area contributed by atoms with Crippen molar-refractivity contribution in [3.63, 3.8) is 0 Å². The van der Waals surface area contributed by atoms with Gasteiger partial charge in [-0.2, -0.15) is 5.10 Å². The molecule has 0 aliphatic carbocycles. The third-order valence-electron chi connectivity index (χ3n) is 5.98. The summed E-state index contributed by atoms with van der Waals surface area (Å²) < 4.78 is 2.16. The molecule has 1 aliphatic rings. The Morgan fingerprint density at radius 1 is 0.875 bits per heavy atom. The maximum Gasteiger partial charge on any atom is 0.119 e. The Hall–Kier alpha value is -3.44. The number of fused-ring (bicyclic) bond motifs is 2. The first-order valence-corrected chi connectivity index (χ1v) is 11.9. The zero-order valence-corrected chi connectivity index (χ0v) is 18.4. The Balaban J connectivity index is 1.43. The van der Waals surface area contributed by atoms with Gasteiger partial charge in [0.2, 0.25) is 0 Å². The van der Waals surface area contributed by atoms with Gasteiger partial charge in [-0.3, -0.25) is 14.6 Å². The third-order valence-corrected chi connectivity index (χ3v) is 7.05. The van der Waals surface area contributed by atoms with Gasteiger partial charge in [0.05, 0.1) is 11.2 Å². The standard InChI is InChI=1S/C27H22N4S/c1-2-7-19(8-3-1)18-32-20-11-12-21-22(13-15-29-24(21)17-20)26-25-10-6-16-31(25)30-27(26)23-9-4-5-14-28-23/h1-5,7-9,11-15,17H,6,10,16,18H2. The molecule has 4 heterocycles. The Kier molecular flexibility index (Phi) is 4.96. The van der Waals surface area contributed by atoms with Crippen molar-refractivity contribution in [1.82, 2.24) is 19.7 Å². The van der Waals surface area contributed by atoms with E-state index in [0.29, 0.717) is 0 Å². The minimum absolute atomic E-state index is 0.921. The first-order valence-electron chi connectivity index (χ1n) is 10.9. The fraction of sp³-hybridized carbons (Fsp3) is 0.148. The molecule has 0 radical (unpaired) electrons. The van der Waals surface area contributed by atoms with E-state index in [9.17, 15) is 0 Å². The van der Waals surface area contributed by atoms with Gasteiger partial charge in [0, 0.05) is 46.2 Å². The molecule has 0 unspecified atom stereocenters. The van der Waals surface area contributed by atoms with E-state index >= 15 is 0 Å². The smallest absolute Gasteiger partial charge is 0.119 e.